The number of amides is 1. The highest BCUT2D eigenvalue weighted by Gasteiger charge is 2.23. The quantitative estimate of drug-likeness (QED) is 0.177. The second-order valence-electron chi connectivity index (χ2n) is 7.90. The Morgan fingerprint density at radius 1 is 1.05 bits per heavy atom. The van der Waals surface area contributed by atoms with Crippen LogP contribution in [0.1, 0.15) is 22.8 Å². The van der Waals surface area contributed by atoms with Crippen molar-refractivity contribution in [3.63, 3.8) is 0 Å². The summed E-state index contributed by atoms with van der Waals surface area (Å²) in [5.74, 6) is -0.573. The molecule has 0 saturated heterocycles. The topological polar surface area (TPSA) is 138 Å². The zero-order valence-electron chi connectivity index (χ0n) is 19.8. The van der Waals surface area contributed by atoms with Gasteiger partial charge in [0.25, 0.3) is 16.0 Å². The molecule has 190 valence electrons. The number of carbonyl (C=O) groups is 1. The standard InChI is InChI=1S/C26H22ClN3O6S/c1-3-16-20(13-12-19(27)25(16)37(33,34)35)29-30-23-17-9-5-4-8-15(17)14-18(24(23)31)26(32)28-21-10-6-7-11-22(21)36-2/h4-14,31H,3H2,1-2H3,(H,28,32)(H,33,34,35). The fourth-order valence-electron chi connectivity index (χ4n) is 3.94. The number of ether oxygens (including phenoxy) is 1. The maximum absolute atomic E-state index is 13.2. The van der Waals surface area contributed by atoms with Crippen LogP contribution in [-0.2, 0) is 16.5 Å². The Morgan fingerprint density at radius 3 is 2.46 bits per heavy atom. The largest absolute Gasteiger partial charge is 0.505 e. The van der Waals surface area contributed by atoms with E-state index in [-0.39, 0.29) is 33.9 Å². The van der Waals surface area contributed by atoms with Crippen molar-refractivity contribution >= 4 is 55.5 Å². The number of carbonyl (C=O) groups excluding carboxylic acids is 1. The maximum atomic E-state index is 13.2. The number of para-hydroxylation sites is 2. The summed E-state index contributed by atoms with van der Waals surface area (Å²) in [6.07, 6.45) is 0.179. The molecule has 11 heteroatoms. The number of aromatic hydroxyl groups is 1. The highest BCUT2D eigenvalue weighted by Crippen LogP contribution is 2.41. The minimum Gasteiger partial charge on any atom is -0.505 e. The van der Waals surface area contributed by atoms with E-state index in [9.17, 15) is 22.9 Å². The molecular weight excluding hydrogens is 518 g/mol. The number of halogens is 1. The van der Waals surface area contributed by atoms with E-state index in [4.69, 9.17) is 16.3 Å². The average molecular weight is 540 g/mol. The minimum absolute atomic E-state index is 0.00804. The van der Waals surface area contributed by atoms with E-state index in [1.54, 1.807) is 55.5 Å². The van der Waals surface area contributed by atoms with Gasteiger partial charge in [0.2, 0.25) is 0 Å². The van der Waals surface area contributed by atoms with Crippen LogP contribution in [-0.4, -0.2) is 31.1 Å². The van der Waals surface area contributed by atoms with E-state index in [0.29, 0.717) is 22.2 Å². The van der Waals surface area contributed by atoms with Crippen molar-refractivity contribution in [3.05, 3.63) is 82.9 Å². The number of phenolic OH excluding ortho intramolecular Hbond substituents is 1. The molecule has 0 aliphatic carbocycles. The van der Waals surface area contributed by atoms with E-state index < -0.39 is 26.7 Å². The van der Waals surface area contributed by atoms with Crippen molar-refractivity contribution in [2.45, 2.75) is 18.2 Å². The van der Waals surface area contributed by atoms with Crippen molar-refractivity contribution < 1.29 is 27.6 Å². The summed E-state index contributed by atoms with van der Waals surface area (Å²) >= 11 is 6.02. The Balaban J connectivity index is 1.84. The first-order valence-electron chi connectivity index (χ1n) is 11.0. The molecule has 4 aromatic rings. The molecule has 0 aliphatic rings. The normalized spacial score (nSPS) is 11.7. The summed E-state index contributed by atoms with van der Waals surface area (Å²) in [6, 6.07) is 18.1. The number of azo groups is 1. The van der Waals surface area contributed by atoms with Crippen LogP contribution < -0.4 is 10.1 Å². The summed E-state index contributed by atoms with van der Waals surface area (Å²) in [6.45, 7) is 1.68. The summed E-state index contributed by atoms with van der Waals surface area (Å²) in [5.41, 5.74) is 0.661. The smallest absolute Gasteiger partial charge is 0.296 e. The van der Waals surface area contributed by atoms with Crippen LogP contribution >= 0.6 is 11.6 Å². The third kappa shape index (κ3) is 5.26. The molecule has 0 atom stereocenters. The number of benzene rings is 4. The van der Waals surface area contributed by atoms with Crippen molar-refractivity contribution in [2.24, 2.45) is 10.2 Å². The van der Waals surface area contributed by atoms with Gasteiger partial charge in [0.05, 0.1) is 29.1 Å². The summed E-state index contributed by atoms with van der Waals surface area (Å²) in [7, 11) is -3.15. The third-order valence-electron chi connectivity index (χ3n) is 5.65. The number of rotatable bonds is 7. The first-order valence-corrected chi connectivity index (χ1v) is 12.9. The van der Waals surface area contributed by atoms with Crippen LogP contribution in [0, 0.1) is 0 Å². The summed E-state index contributed by atoms with van der Waals surface area (Å²) < 4.78 is 38.8. The number of methoxy groups -OCH3 is 1. The lowest BCUT2D eigenvalue weighted by atomic mass is 10.0. The predicted octanol–water partition coefficient (Wildman–Crippen LogP) is 6.68. The van der Waals surface area contributed by atoms with Gasteiger partial charge < -0.3 is 15.2 Å². The molecule has 0 saturated carbocycles. The van der Waals surface area contributed by atoms with Gasteiger partial charge in [0, 0.05) is 10.9 Å². The van der Waals surface area contributed by atoms with E-state index in [0.717, 1.165) is 0 Å². The van der Waals surface area contributed by atoms with Gasteiger partial charge in [0.15, 0.2) is 5.75 Å². The Hall–Kier alpha value is -3.99. The predicted molar refractivity (Wildman–Crippen MR) is 141 cm³/mol. The van der Waals surface area contributed by atoms with Gasteiger partial charge >= 0.3 is 0 Å². The van der Waals surface area contributed by atoms with Crippen LogP contribution in [0.25, 0.3) is 10.8 Å². The van der Waals surface area contributed by atoms with Crippen molar-refractivity contribution in [1.82, 2.24) is 0 Å². The van der Waals surface area contributed by atoms with Gasteiger partial charge in [-0.25, -0.2) is 0 Å². The molecule has 0 bridgehead atoms. The number of anilines is 1. The van der Waals surface area contributed by atoms with Crippen LogP contribution in [0.15, 0.2) is 81.9 Å². The number of phenols is 1. The Labute approximate surface area is 218 Å². The zero-order valence-corrected chi connectivity index (χ0v) is 21.3. The van der Waals surface area contributed by atoms with Crippen LogP contribution in [0.5, 0.6) is 11.5 Å². The Morgan fingerprint density at radius 2 is 1.76 bits per heavy atom. The van der Waals surface area contributed by atoms with Gasteiger partial charge in [-0.15, -0.1) is 5.11 Å². The van der Waals surface area contributed by atoms with Gasteiger partial charge in [-0.05, 0) is 42.1 Å². The molecule has 3 N–H and O–H groups in total. The molecule has 0 spiro atoms. The molecule has 9 nitrogen and oxygen atoms in total. The number of hydrogen-bond donors (Lipinski definition) is 3. The molecule has 0 unspecified atom stereocenters. The van der Waals surface area contributed by atoms with Crippen LogP contribution in [0.4, 0.5) is 17.1 Å². The highest BCUT2D eigenvalue weighted by atomic mass is 35.5. The monoisotopic (exact) mass is 539 g/mol. The first-order chi connectivity index (χ1) is 17.7. The van der Waals surface area contributed by atoms with E-state index >= 15 is 0 Å². The average Bonchev–Trinajstić information content (AvgIpc) is 2.87. The lowest BCUT2D eigenvalue weighted by Gasteiger charge is -2.13. The Bertz CT molecular complexity index is 1650. The molecule has 37 heavy (non-hydrogen) atoms. The lowest BCUT2D eigenvalue weighted by molar-refractivity contribution is 0.102. The summed E-state index contributed by atoms with van der Waals surface area (Å²) in [4.78, 5) is 12.7. The molecule has 0 heterocycles. The number of nitrogens with one attached hydrogen (secondary N) is 1. The van der Waals surface area contributed by atoms with E-state index in [1.165, 1.54) is 25.3 Å². The lowest BCUT2D eigenvalue weighted by Crippen LogP contribution is -2.13. The second kappa shape index (κ2) is 10.6. The van der Waals surface area contributed by atoms with Gasteiger partial charge in [0.1, 0.15) is 16.3 Å². The molecule has 1 amide bonds. The number of fused-ring (bicyclic) bond motifs is 1. The molecular formula is C26H22ClN3O6S. The van der Waals surface area contributed by atoms with Gasteiger partial charge in [-0.3, -0.25) is 9.35 Å². The molecule has 0 aliphatic heterocycles. The number of nitrogens with zero attached hydrogens (tertiary/aromatic N) is 2. The van der Waals surface area contributed by atoms with Crippen LogP contribution in [0.3, 0.4) is 0 Å². The van der Waals surface area contributed by atoms with Crippen molar-refractivity contribution in [2.75, 3.05) is 12.4 Å². The SMILES string of the molecule is CCc1c(N=Nc2c(O)c(C(=O)Nc3ccccc3OC)cc3ccccc23)ccc(Cl)c1S(=O)(=O)O. The second-order valence-corrected chi connectivity index (χ2v) is 9.67. The van der Waals surface area contributed by atoms with E-state index in [2.05, 4.69) is 15.5 Å². The fourth-order valence-corrected chi connectivity index (χ4v) is 5.28. The van der Waals surface area contributed by atoms with Crippen LogP contribution in [0.2, 0.25) is 5.02 Å². The highest BCUT2D eigenvalue weighted by molar-refractivity contribution is 7.86. The third-order valence-corrected chi connectivity index (χ3v) is 7.06. The molecule has 0 radical (unpaired) electrons. The maximum Gasteiger partial charge on any atom is 0.296 e. The Kier molecular flexibility index (Phi) is 7.44. The molecule has 4 aromatic carbocycles. The fraction of sp³-hybridized carbons (Fsp3) is 0.115. The molecule has 0 fully saturated rings. The molecule has 4 rings (SSSR count). The molecule has 0 aromatic heterocycles. The summed E-state index contributed by atoms with van der Waals surface area (Å²) in [5, 5.41) is 23.2. The number of hydrogen-bond acceptors (Lipinski definition) is 7. The minimum atomic E-state index is -4.62. The van der Waals surface area contributed by atoms with E-state index in [1.807, 2.05) is 0 Å². The van der Waals surface area contributed by atoms with Crippen molar-refractivity contribution in [3.8, 4) is 11.5 Å². The first kappa shape index (κ1) is 26.1. The van der Waals surface area contributed by atoms with Crippen molar-refractivity contribution in [1.29, 1.82) is 0 Å². The zero-order chi connectivity index (χ0) is 26.7. The van der Waals surface area contributed by atoms with Gasteiger partial charge in [-0.1, -0.05) is 54.9 Å². The van der Waals surface area contributed by atoms with Gasteiger partial charge in [-0.2, -0.15) is 13.5 Å².